The van der Waals surface area contributed by atoms with Crippen LogP contribution in [-0.4, -0.2) is 6.71 Å². The summed E-state index contributed by atoms with van der Waals surface area (Å²) in [4.78, 5) is 5.18. The van der Waals surface area contributed by atoms with Crippen LogP contribution in [-0.2, 0) is 5.41 Å². The van der Waals surface area contributed by atoms with Crippen LogP contribution in [0.4, 0.5) is 34.1 Å². The van der Waals surface area contributed by atoms with Crippen LogP contribution in [0.3, 0.4) is 0 Å². The molecule has 402 valence electrons. The predicted molar refractivity (Wildman–Crippen MR) is 358 cm³/mol. The fourth-order valence-electron chi connectivity index (χ4n) is 13.1. The first-order chi connectivity index (χ1) is 41.9. The van der Waals surface area contributed by atoms with Gasteiger partial charge in [0, 0.05) is 39.3 Å². The van der Waals surface area contributed by atoms with E-state index in [1.807, 2.05) is 30.3 Å². The fourth-order valence-corrected chi connectivity index (χ4v) is 13.1. The van der Waals surface area contributed by atoms with E-state index < -0.39 is 5.41 Å². The SMILES string of the molecule is CC(C)(c1ccccc1)c1cc2c3c(c1)N(c1c(-c4ccccc4)cccc1-c1cccc(-c4ccccc4)c1)c1ccc(-c4ccccc4)cc1B3c1cc(-c3ccccc3)ccc1N2c1cc(-c2ccccc2)ccc1Oc1ccccc1. The minimum Gasteiger partial charge on any atom is -0.455 e. The Hall–Kier alpha value is -10.7. The van der Waals surface area contributed by atoms with Gasteiger partial charge < -0.3 is 14.5 Å². The van der Waals surface area contributed by atoms with Gasteiger partial charge in [-0.15, -0.1) is 0 Å². The molecule has 0 aliphatic carbocycles. The Morgan fingerprint density at radius 1 is 0.282 bits per heavy atom. The van der Waals surface area contributed by atoms with Crippen molar-refractivity contribution in [2.45, 2.75) is 19.3 Å². The highest BCUT2D eigenvalue weighted by atomic mass is 16.5. The number of benzene rings is 13. The molecule has 0 fully saturated rings. The average Bonchev–Trinajstić information content (AvgIpc) is 0.788. The molecule has 0 saturated carbocycles. The molecule has 0 bridgehead atoms. The first-order valence-corrected chi connectivity index (χ1v) is 29.4. The fraction of sp³-hybridized carbons (Fsp3) is 0.0370. The summed E-state index contributed by atoms with van der Waals surface area (Å²) >= 11 is 0. The second kappa shape index (κ2) is 21.6. The molecule has 2 aliphatic rings. The second-order valence-corrected chi connectivity index (χ2v) is 22.8. The van der Waals surface area contributed by atoms with E-state index in [-0.39, 0.29) is 6.71 Å². The molecule has 0 unspecified atom stereocenters. The lowest BCUT2D eigenvalue weighted by Gasteiger charge is -2.46. The first-order valence-electron chi connectivity index (χ1n) is 29.4. The maximum Gasteiger partial charge on any atom is 0.252 e. The molecule has 0 N–H and O–H groups in total. The van der Waals surface area contributed by atoms with Gasteiger partial charge in [-0.1, -0.05) is 281 Å². The summed E-state index contributed by atoms with van der Waals surface area (Å²) in [5.41, 5.74) is 25.8. The molecule has 15 rings (SSSR count). The van der Waals surface area contributed by atoms with Crippen LogP contribution in [0.5, 0.6) is 11.5 Å². The number of hydrogen-bond donors (Lipinski definition) is 0. The second-order valence-electron chi connectivity index (χ2n) is 22.8. The summed E-state index contributed by atoms with van der Waals surface area (Å²) in [6.45, 7) is 4.55. The summed E-state index contributed by atoms with van der Waals surface area (Å²) in [7, 11) is 0. The quantitative estimate of drug-likeness (QED) is 0.113. The topological polar surface area (TPSA) is 15.7 Å². The van der Waals surface area contributed by atoms with E-state index in [9.17, 15) is 0 Å². The zero-order valence-electron chi connectivity index (χ0n) is 47.5. The van der Waals surface area contributed by atoms with Gasteiger partial charge in [-0.25, -0.2) is 0 Å². The maximum absolute atomic E-state index is 7.17. The van der Waals surface area contributed by atoms with E-state index in [4.69, 9.17) is 4.74 Å². The largest absolute Gasteiger partial charge is 0.455 e. The van der Waals surface area contributed by atoms with E-state index in [0.29, 0.717) is 0 Å². The molecular weight excluding hydrogens is 1030 g/mol. The zero-order valence-corrected chi connectivity index (χ0v) is 47.5. The number of hydrogen-bond acceptors (Lipinski definition) is 3. The molecule has 13 aromatic rings. The van der Waals surface area contributed by atoms with Crippen LogP contribution in [0.1, 0.15) is 25.0 Å². The Morgan fingerprint density at radius 3 is 1.22 bits per heavy atom. The van der Waals surface area contributed by atoms with Gasteiger partial charge in [0.25, 0.3) is 6.71 Å². The van der Waals surface area contributed by atoms with E-state index in [1.54, 1.807) is 0 Å². The van der Waals surface area contributed by atoms with E-state index in [2.05, 4.69) is 315 Å². The van der Waals surface area contributed by atoms with E-state index in [0.717, 1.165) is 101 Å². The number of nitrogens with zero attached hydrogens (tertiary/aromatic N) is 2. The smallest absolute Gasteiger partial charge is 0.252 e. The maximum atomic E-state index is 7.17. The third-order valence-corrected chi connectivity index (χ3v) is 17.4. The highest BCUT2D eigenvalue weighted by molar-refractivity contribution is 7.00. The standard InChI is InChI=1S/C81H59BN2O/c1-81(2,66-38-20-8-21-39-66)67-54-76-79-77(55-67)84(80-69(60-34-18-7-19-35-60)42-25-43-70(80)65-37-24-36-61(50-65)56-26-10-3-11-27-56)74-48-45-63(58-30-14-5-15-31-58)52-72(74)82(79)71-51-62(57-28-12-4-13-29-57)44-47-73(71)83(76)75-53-64(59-32-16-6-17-33-59)46-49-78(75)85-68-40-22-9-23-41-68/h3-55H,1-2H3. The summed E-state index contributed by atoms with van der Waals surface area (Å²) in [5, 5.41) is 0. The molecule has 3 nitrogen and oxygen atoms in total. The lowest BCUT2D eigenvalue weighted by Crippen LogP contribution is -2.61. The minimum absolute atomic E-state index is 0.215. The third kappa shape index (κ3) is 9.30. The van der Waals surface area contributed by atoms with Crippen LogP contribution < -0.4 is 30.9 Å². The average molecular weight is 1090 g/mol. The number of anilines is 6. The molecular formula is C81H59BN2O. The predicted octanol–water partition coefficient (Wildman–Crippen LogP) is 19.9. The van der Waals surface area contributed by atoms with Crippen LogP contribution in [0, 0.1) is 0 Å². The van der Waals surface area contributed by atoms with Crippen molar-refractivity contribution in [2.24, 2.45) is 0 Å². The number of ether oxygens (including phenoxy) is 1. The van der Waals surface area contributed by atoms with E-state index >= 15 is 0 Å². The van der Waals surface area contributed by atoms with Crippen molar-refractivity contribution in [3.05, 3.63) is 333 Å². The van der Waals surface area contributed by atoms with Gasteiger partial charge in [-0.05, 0) is 138 Å². The molecule has 0 atom stereocenters. The normalized spacial score (nSPS) is 12.3. The summed E-state index contributed by atoms with van der Waals surface area (Å²) in [6.07, 6.45) is 0. The highest BCUT2D eigenvalue weighted by Gasteiger charge is 2.46. The Kier molecular flexibility index (Phi) is 13.0. The number of rotatable bonds is 12. The lowest BCUT2D eigenvalue weighted by molar-refractivity contribution is 0.484. The molecule has 4 heteroatoms. The molecule has 0 radical (unpaired) electrons. The molecule has 13 aromatic carbocycles. The summed E-state index contributed by atoms with van der Waals surface area (Å²) in [5.74, 6) is 1.51. The van der Waals surface area contributed by atoms with Gasteiger partial charge in [-0.2, -0.15) is 0 Å². The Labute approximate surface area is 499 Å². The van der Waals surface area contributed by atoms with Crippen LogP contribution in [0.25, 0.3) is 66.8 Å². The molecule has 2 heterocycles. The Morgan fingerprint density at radius 2 is 0.682 bits per heavy atom. The van der Waals surface area contributed by atoms with Gasteiger partial charge in [-0.3, -0.25) is 0 Å². The first kappa shape index (κ1) is 51.2. The monoisotopic (exact) mass is 1090 g/mol. The van der Waals surface area contributed by atoms with Crippen molar-refractivity contribution < 1.29 is 4.74 Å². The molecule has 2 aliphatic heterocycles. The van der Waals surface area contributed by atoms with Crippen molar-refractivity contribution in [3.63, 3.8) is 0 Å². The summed E-state index contributed by atoms with van der Waals surface area (Å²) < 4.78 is 7.17. The molecule has 0 saturated heterocycles. The zero-order chi connectivity index (χ0) is 56.8. The molecule has 0 amide bonds. The van der Waals surface area contributed by atoms with Crippen molar-refractivity contribution in [3.8, 4) is 78.3 Å². The Bertz CT molecular complexity index is 4570. The van der Waals surface area contributed by atoms with Crippen LogP contribution >= 0.6 is 0 Å². The van der Waals surface area contributed by atoms with Gasteiger partial charge >= 0.3 is 0 Å². The highest BCUT2D eigenvalue weighted by Crippen LogP contribution is 2.53. The number of para-hydroxylation sites is 2. The Balaban J connectivity index is 1.10. The summed E-state index contributed by atoms with van der Waals surface area (Å²) in [6, 6.07) is 118. The molecule has 0 aromatic heterocycles. The third-order valence-electron chi connectivity index (χ3n) is 17.4. The van der Waals surface area contributed by atoms with Crippen LogP contribution in [0.15, 0.2) is 322 Å². The minimum atomic E-state index is -0.463. The van der Waals surface area contributed by atoms with Crippen molar-refractivity contribution in [1.82, 2.24) is 0 Å². The van der Waals surface area contributed by atoms with Crippen LogP contribution in [0.2, 0.25) is 0 Å². The van der Waals surface area contributed by atoms with Gasteiger partial charge in [0.2, 0.25) is 0 Å². The molecule has 85 heavy (non-hydrogen) atoms. The van der Waals surface area contributed by atoms with Gasteiger partial charge in [0.1, 0.15) is 5.75 Å². The van der Waals surface area contributed by atoms with E-state index in [1.165, 1.54) is 38.6 Å². The van der Waals surface area contributed by atoms with Crippen molar-refractivity contribution in [1.29, 1.82) is 0 Å². The van der Waals surface area contributed by atoms with Gasteiger partial charge in [0.15, 0.2) is 5.75 Å². The van der Waals surface area contributed by atoms with Gasteiger partial charge in [0.05, 0.1) is 11.4 Å². The molecule has 0 spiro atoms. The lowest BCUT2D eigenvalue weighted by atomic mass is 9.33. The van der Waals surface area contributed by atoms with Crippen molar-refractivity contribution >= 4 is 57.2 Å². The number of fused-ring (bicyclic) bond motifs is 4. The van der Waals surface area contributed by atoms with Crippen molar-refractivity contribution in [2.75, 3.05) is 9.80 Å².